The Hall–Kier alpha value is -1.24. The Morgan fingerprint density at radius 1 is 1.40 bits per heavy atom. The predicted molar refractivity (Wildman–Crippen MR) is 80.8 cm³/mol. The first-order chi connectivity index (χ1) is 9.35. The molecule has 0 aliphatic heterocycles. The van der Waals surface area contributed by atoms with E-state index in [1.807, 2.05) is 19.9 Å². The number of halogens is 1. The molecule has 0 aromatic heterocycles. The third-order valence-electron chi connectivity index (χ3n) is 3.19. The number of nitriles is 1. The van der Waals surface area contributed by atoms with Crippen LogP contribution in [0.25, 0.3) is 0 Å². The molecule has 0 saturated heterocycles. The molecule has 0 spiro atoms. The van der Waals surface area contributed by atoms with Crippen LogP contribution in [0, 0.1) is 16.7 Å². The lowest BCUT2D eigenvalue weighted by atomic mass is 9.89. The molecule has 0 aliphatic carbocycles. The van der Waals surface area contributed by atoms with Gasteiger partial charge in [0.15, 0.2) is 0 Å². The Bertz CT molecular complexity index is 478. The highest BCUT2D eigenvalue weighted by Crippen LogP contribution is 2.28. The topological polar surface area (TPSA) is 53.2 Å². The summed E-state index contributed by atoms with van der Waals surface area (Å²) < 4.78 is 5.62. The van der Waals surface area contributed by atoms with E-state index in [9.17, 15) is 5.11 Å². The maximum Gasteiger partial charge on any atom is 0.137 e. The monoisotopic (exact) mass is 295 g/mol. The normalized spacial score (nSPS) is 12.8. The van der Waals surface area contributed by atoms with Gasteiger partial charge in [0.1, 0.15) is 5.75 Å². The lowest BCUT2D eigenvalue weighted by Gasteiger charge is -2.15. The SMILES string of the molecule is C[C@H](O)c1ccc(OCCCCC(C)(C)C#N)c(Cl)c1. The Morgan fingerprint density at radius 2 is 2.10 bits per heavy atom. The van der Waals surface area contributed by atoms with Gasteiger partial charge in [0, 0.05) is 0 Å². The molecular formula is C16H22ClNO2. The number of unbranched alkanes of at least 4 members (excludes halogenated alkanes) is 1. The van der Waals surface area contributed by atoms with Crippen molar-refractivity contribution in [2.75, 3.05) is 6.61 Å². The number of hydrogen-bond donors (Lipinski definition) is 1. The quantitative estimate of drug-likeness (QED) is 0.754. The minimum absolute atomic E-state index is 0.267. The fraction of sp³-hybridized carbons (Fsp3) is 0.562. The molecule has 0 aliphatic rings. The highest BCUT2D eigenvalue weighted by molar-refractivity contribution is 6.32. The summed E-state index contributed by atoms with van der Waals surface area (Å²) in [7, 11) is 0. The van der Waals surface area contributed by atoms with E-state index in [-0.39, 0.29) is 5.41 Å². The molecule has 4 heteroatoms. The summed E-state index contributed by atoms with van der Waals surface area (Å²) in [6.45, 7) is 6.16. The van der Waals surface area contributed by atoms with Crippen LogP contribution in [0.5, 0.6) is 5.75 Å². The first kappa shape index (κ1) is 16.8. The fourth-order valence-corrected chi connectivity index (χ4v) is 2.04. The number of hydrogen-bond acceptors (Lipinski definition) is 3. The summed E-state index contributed by atoms with van der Waals surface area (Å²) in [6.07, 6.45) is 2.17. The summed E-state index contributed by atoms with van der Waals surface area (Å²) in [4.78, 5) is 0. The van der Waals surface area contributed by atoms with Crippen LogP contribution in [-0.2, 0) is 0 Å². The number of nitrogens with zero attached hydrogens (tertiary/aromatic N) is 1. The van der Waals surface area contributed by atoms with E-state index in [4.69, 9.17) is 21.6 Å². The van der Waals surface area contributed by atoms with Gasteiger partial charge in [-0.2, -0.15) is 5.26 Å². The Kier molecular flexibility index (Phi) is 6.32. The second-order valence-corrected chi connectivity index (χ2v) is 6.07. The van der Waals surface area contributed by atoms with Crippen LogP contribution in [-0.4, -0.2) is 11.7 Å². The second kappa shape index (κ2) is 7.52. The van der Waals surface area contributed by atoms with Crippen LogP contribution in [0.2, 0.25) is 5.02 Å². The molecule has 1 rings (SSSR count). The smallest absolute Gasteiger partial charge is 0.137 e. The summed E-state index contributed by atoms with van der Waals surface area (Å²) in [6, 6.07) is 7.60. The standard InChI is InChI=1S/C16H22ClNO2/c1-12(19)13-6-7-15(14(17)10-13)20-9-5-4-8-16(2,3)11-18/h6-7,10,12,19H,4-5,8-9H2,1-3H3/t12-/m0/s1. The zero-order valence-corrected chi connectivity index (χ0v) is 13.1. The van der Waals surface area contributed by atoms with Gasteiger partial charge in [-0.25, -0.2) is 0 Å². The predicted octanol–water partition coefficient (Wildman–Crippen LogP) is 4.49. The van der Waals surface area contributed by atoms with Gasteiger partial charge < -0.3 is 9.84 Å². The van der Waals surface area contributed by atoms with E-state index in [1.54, 1.807) is 19.1 Å². The maximum absolute atomic E-state index is 9.46. The molecule has 3 nitrogen and oxygen atoms in total. The van der Waals surface area contributed by atoms with Gasteiger partial charge in [-0.15, -0.1) is 0 Å². The van der Waals surface area contributed by atoms with Crippen LogP contribution in [0.3, 0.4) is 0 Å². The third-order valence-corrected chi connectivity index (χ3v) is 3.49. The number of aliphatic hydroxyl groups excluding tert-OH is 1. The molecule has 20 heavy (non-hydrogen) atoms. The molecule has 0 unspecified atom stereocenters. The van der Waals surface area contributed by atoms with Crippen LogP contribution >= 0.6 is 11.6 Å². The van der Waals surface area contributed by atoms with Crippen molar-refractivity contribution in [3.63, 3.8) is 0 Å². The van der Waals surface area contributed by atoms with Crippen LogP contribution in [0.1, 0.15) is 51.7 Å². The maximum atomic E-state index is 9.46. The van der Waals surface area contributed by atoms with Crippen LogP contribution in [0.4, 0.5) is 0 Å². The Labute approximate surface area is 126 Å². The van der Waals surface area contributed by atoms with Gasteiger partial charge in [-0.05, 0) is 57.7 Å². The van der Waals surface area contributed by atoms with E-state index in [0.717, 1.165) is 24.8 Å². The van der Waals surface area contributed by atoms with Crippen molar-refractivity contribution >= 4 is 11.6 Å². The number of rotatable bonds is 7. The molecule has 0 bridgehead atoms. The van der Waals surface area contributed by atoms with Crippen molar-refractivity contribution in [1.82, 2.24) is 0 Å². The zero-order chi connectivity index (χ0) is 15.2. The van der Waals surface area contributed by atoms with Crippen molar-refractivity contribution in [3.05, 3.63) is 28.8 Å². The van der Waals surface area contributed by atoms with Crippen LogP contribution in [0.15, 0.2) is 18.2 Å². The Morgan fingerprint density at radius 3 is 2.65 bits per heavy atom. The summed E-state index contributed by atoms with van der Waals surface area (Å²) in [5.74, 6) is 0.635. The molecule has 1 atom stereocenters. The average Bonchev–Trinajstić information content (AvgIpc) is 2.39. The number of benzene rings is 1. The summed E-state index contributed by atoms with van der Waals surface area (Å²) >= 11 is 6.10. The van der Waals surface area contributed by atoms with E-state index in [2.05, 4.69) is 6.07 Å². The van der Waals surface area contributed by atoms with Crippen LogP contribution < -0.4 is 4.74 Å². The average molecular weight is 296 g/mol. The molecule has 0 heterocycles. The third kappa shape index (κ3) is 5.40. The molecule has 1 N–H and O–H groups in total. The van der Waals surface area contributed by atoms with Gasteiger partial charge in [0.2, 0.25) is 0 Å². The van der Waals surface area contributed by atoms with Crippen molar-refractivity contribution in [1.29, 1.82) is 5.26 Å². The summed E-state index contributed by atoms with van der Waals surface area (Å²) in [5, 5.41) is 18.9. The second-order valence-electron chi connectivity index (χ2n) is 5.67. The van der Waals surface area contributed by atoms with Crippen molar-refractivity contribution < 1.29 is 9.84 Å². The fourth-order valence-electron chi connectivity index (χ4n) is 1.80. The Balaban J connectivity index is 2.38. The van der Waals surface area contributed by atoms with E-state index >= 15 is 0 Å². The zero-order valence-electron chi connectivity index (χ0n) is 12.3. The number of aliphatic hydroxyl groups is 1. The van der Waals surface area contributed by atoms with Gasteiger partial charge in [-0.1, -0.05) is 17.7 Å². The molecule has 0 amide bonds. The summed E-state index contributed by atoms with van der Waals surface area (Å²) in [5.41, 5.74) is 0.509. The first-order valence-corrected chi connectivity index (χ1v) is 7.25. The van der Waals surface area contributed by atoms with E-state index in [1.165, 1.54) is 0 Å². The van der Waals surface area contributed by atoms with E-state index < -0.39 is 6.10 Å². The van der Waals surface area contributed by atoms with Gasteiger partial charge in [-0.3, -0.25) is 0 Å². The molecule has 0 saturated carbocycles. The minimum atomic E-state index is -0.533. The first-order valence-electron chi connectivity index (χ1n) is 6.87. The lowest BCUT2D eigenvalue weighted by Crippen LogP contribution is -2.08. The van der Waals surface area contributed by atoms with Crippen molar-refractivity contribution in [2.24, 2.45) is 5.41 Å². The molecule has 1 aromatic carbocycles. The molecule has 1 aromatic rings. The molecule has 110 valence electrons. The lowest BCUT2D eigenvalue weighted by molar-refractivity contribution is 0.199. The molecular weight excluding hydrogens is 274 g/mol. The van der Waals surface area contributed by atoms with Gasteiger partial charge in [0.05, 0.1) is 29.2 Å². The largest absolute Gasteiger partial charge is 0.492 e. The highest BCUT2D eigenvalue weighted by Gasteiger charge is 2.15. The van der Waals surface area contributed by atoms with Crippen molar-refractivity contribution in [2.45, 2.75) is 46.1 Å². The van der Waals surface area contributed by atoms with E-state index in [0.29, 0.717) is 17.4 Å². The van der Waals surface area contributed by atoms with Crippen molar-refractivity contribution in [3.8, 4) is 11.8 Å². The van der Waals surface area contributed by atoms with Gasteiger partial charge in [0.25, 0.3) is 0 Å². The molecule has 0 radical (unpaired) electrons. The molecule has 0 fully saturated rings. The minimum Gasteiger partial charge on any atom is -0.492 e. The highest BCUT2D eigenvalue weighted by atomic mass is 35.5. The van der Waals surface area contributed by atoms with Gasteiger partial charge >= 0.3 is 0 Å². The number of ether oxygens (including phenoxy) is 1.